The monoisotopic (exact) mass is 478 g/mol. The van der Waals surface area contributed by atoms with E-state index in [0.29, 0.717) is 37.4 Å². The number of rotatable bonds is 5. The van der Waals surface area contributed by atoms with Crippen molar-refractivity contribution in [2.75, 3.05) is 54.5 Å². The van der Waals surface area contributed by atoms with Gasteiger partial charge in [-0.2, -0.15) is 5.10 Å². The zero-order valence-corrected chi connectivity index (χ0v) is 20.4. The van der Waals surface area contributed by atoms with E-state index in [2.05, 4.69) is 36.4 Å². The van der Waals surface area contributed by atoms with Crippen LogP contribution in [0.5, 0.6) is 0 Å². The Bertz CT molecular complexity index is 1090. The second kappa shape index (κ2) is 11.8. The predicted octanol–water partition coefficient (Wildman–Crippen LogP) is 3.55. The average Bonchev–Trinajstić information content (AvgIpc) is 3.46. The van der Waals surface area contributed by atoms with Crippen molar-refractivity contribution in [3.05, 3.63) is 54.5 Å². The molecule has 2 aliphatic rings. The van der Waals surface area contributed by atoms with Gasteiger partial charge in [0, 0.05) is 43.6 Å². The Morgan fingerprint density at radius 3 is 2.57 bits per heavy atom. The molecule has 3 N–H and O–H groups in total. The molecule has 0 saturated carbocycles. The molecule has 0 unspecified atom stereocenters. The lowest BCUT2D eigenvalue weighted by Gasteiger charge is -2.35. The number of aliphatic hydroxyl groups excluding tert-OH is 1. The third kappa shape index (κ3) is 5.98. The summed E-state index contributed by atoms with van der Waals surface area (Å²) in [6.45, 7) is 8.59. The van der Waals surface area contributed by atoms with Crippen molar-refractivity contribution < 1.29 is 14.6 Å². The van der Waals surface area contributed by atoms with Gasteiger partial charge >= 0.3 is 0 Å². The number of piperidine rings is 1. The zero-order valence-electron chi connectivity index (χ0n) is 20.4. The van der Waals surface area contributed by atoms with Gasteiger partial charge < -0.3 is 25.0 Å². The van der Waals surface area contributed by atoms with Crippen LogP contribution in [0.4, 0.5) is 17.1 Å². The Labute approximate surface area is 206 Å². The fraction of sp³-hybridized carbons (Fsp3) is 0.423. The summed E-state index contributed by atoms with van der Waals surface area (Å²) in [6, 6.07) is 11.5. The summed E-state index contributed by atoms with van der Waals surface area (Å²) < 4.78 is 5.49. The van der Waals surface area contributed by atoms with Gasteiger partial charge in [0.15, 0.2) is 0 Å². The van der Waals surface area contributed by atoms with Crippen LogP contribution in [0.25, 0.3) is 11.3 Å². The smallest absolute Gasteiger partial charge is 0.274 e. The maximum Gasteiger partial charge on any atom is 0.274 e. The SMILES string of the molecule is CC.O=C(Nc1ccc(N2CCOCC2)cc1N1CCC(O)CC1)c1cccc(-c2cn[nH]c2)n1. The van der Waals surface area contributed by atoms with Crippen molar-refractivity contribution in [2.24, 2.45) is 0 Å². The quantitative estimate of drug-likeness (QED) is 0.515. The third-order valence-corrected chi connectivity index (χ3v) is 6.19. The number of aromatic amines is 1. The zero-order chi connectivity index (χ0) is 24.6. The number of benzene rings is 1. The molecule has 2 aliphatic heterocycles. The minimum Gasteiger partial charge on any atom is -0.393 e. The number of ether oxygens (including phenoxy) is 1. The molecule has 5 rings (SSSR count). The highest BCUT2D eigenvalue weighted by Crippen LogP contribution is 2.33. The Morgan fingerprint density at radius 2 is 1.86 bits per heavy atom. The van der Waals surface area contributed by atoms with Crippen molar-refractivity contribution in [2.45, 2.75) is 32.8 Å². The minimum absolute atomic E-state index is 0.266. The molecule has 1 aromatic carbocycles. The van der Waals surface area contributed by atoms with Gasteiger partial charge in [-0.15, -0.1) is 0 Å². The van der Waals surface area contributed by atoms with Gasteiger partial charge in [-0.05, 0) is 43.2 Å². The highest BCUT2D eigenvalue weighted by molar-refractivity contribution is 6.05. The van der Waals surface area contributed by atoms with Crippen molar-refractivity contribution >= 4 is 23.0 Å². The molecule has 186 valence electrons. The number of nitrogens with zero attached hydrogens (tertiary/aromatic N) is 4. The summed E-state index contributed by atoms with van der Waals surface area (Å²) in [6.07, 6.45) is 4.58. The van der Waals surface area contributed by atoms with E-state index in [1.54, 1.807) is 18.5 Å². The molecule has 3 aromatic rings. The van der Waals surface area contributed by atoms with Gasteiger partial charge in [-0.25, -0.2) is 4.98 Å². The topological polar surface area (TPSA) is 107 Å². The number of nitrogens with one attached hydrogen (secondary N) is 2. The van der Waals surface area contributed by atoms with Crippen LogP contribution < -0.4 is 15.1 Å². The number of hydrogen-bond acceptors (Lipinski definition) is 7. The molecule has 1 amide bonds. The number of pyridine rings is 1. The van der Waals surface area contributed by atoms with Gasteiger partial charge in [0.25, 0.3) is 5.91 Å². The van der Waals surface area contributed by atoms with Gasteiger partial charge in [0.05, 0.1) is 42.6 Å². The van der Waals surface area contributed by atoms with Crippen LogP contribution in [-0.2, 0) is 4.74 Å². The molecule has 2 aromatic heterocycles. The minimum atomic E-state index is -0.267. The van der Waals surface area contributed by atoms with Gasteiger partial charge in [-0.3, -0.25) is 9.89 Å². The second-order valence-corrected chi connectivity index (χ2v) is 8.37. The van der Waals surface area contributed by atoms with E-state index in [1.807, 2.05) is 38.1 Å². The highest BCUT2D eigenvalue weighted by Gasteiger charge is 2.22. The maximum absolute atomic E-state index is 13.1. The molecule has 9 heteroatoms. The standard InChI is InChI=1S/C24H28N6O3.C2H6/c31-19-6-8-30(9-7-19)23-14-18(29-10-12-33-13-11-29)4-5-21(23)28-24(32)22-3-1-2-20(27-22)17-15-25-26-16-17;1-2/h1-5,14-16,19,31H,6-13H2,(H,25,26)(H,28,32);1-2H3. The number of H-pyrrole nitrogens is 1. The first-order valence-corrected chi connectivity index (χ1v) is 12.3. The maximum atomic E-state index is 13.1. The number of aliphatic hydroxyl groups is 1. The highest BCUT2D eigenvalue weighted by atomic mass is 16.5. The van der Waals surface area contributed by atoms with Crippen LogP contribution >= 0.6 is 0 Å². The molecule has 2 saturated heterocycles. The van der Waals surface area contributed by atoms with E-state index in [-0.39, 0.29) is 12.0 Å². The lowest BCUT2D eigenvalue weighted by atomic mass is 10.1. The van der Waals surface area contributed by atoms with E-state index in [4.69, 9.17) is 4.74 Å². The first-order chi connectivity index (χ1) is 17.2. The first kappa shape index (κ1) is 24.7. The number of amides is 1. The Balaban J connectivity index is 0.00000141. The number of aromatic nitrogens is 3. The Kier molecular flexibility index (Phi) is 8.33. The molecular formula is C26H34N6O3. The normalized spacial score (nSPS) is 16.4. The second-order valence-electron chi connectivity index (χ2n) is 8.37. The largest absolute Gasteiger partial charge is 0.393 e. The fourth-order valence-corrected chi connectivity index (χ4v) is 4.31. The Hall–Kier alpha value is -3.43. The number of anilines is 3. The van der Waals surface area contributed by atoms with Crippen LogP contribution in [0.2, 0.25) is 0 Å². The summed E-state index contributed by atoms with van der Waals surface area (Å²) in [7, 11) is 0. The summed E-state index contributed by atoms with van der Waals surface area (Å²) in [5.41, 5.74) is 4.66. The molecular weight excluding hydrogens is 444 g/mol. The summed E-state index contributed by atoms with van der Waals surface area (Å²) in [4.78, 5) is 22.2. The predicted molar refractivity (Wildman–Crippen MR) is 138 cm³/mol. The van der Waals surface area contributed by atoms with Crippen molar-refractivity contribution in [1.29, 1.82) is 0 Å². The average molecular weight is 479 g/mol. The summed E-state index contributed by atoms with van der Waals surface area (Å²) in [5.74, 6) is -0.266. The van der Waals surface area contributed by atoms with Crippen LogP contribution in [-0.4, -0.2) is 71.7 Å². The van der Waals surface area contributed by atoms with Crippen LogP contribution in [0.15, 0.2) is 48.8 Å². The van der Waals surface area contributed by atoms with Crippen molar-refractivity contribution in [3.63, 3.8) is 0 Å². The molecule has 35 heavy (non-hydrogen) atoms. The number of hydrogen-bond donors (Lipinski definition) is 3. The fourth-order valence-electron chi connectivity index (χ4n) is 4.31. The molecule has 0 spiro atoms. The molecule has 0 bridgehead atoms. The number of carbonyl (C=O) groups excluding carboxylic acids is 1. The molecule has 9 nitrogen and oxygen atoms in total. The molecule has 0 aliphatic carbocycles. The summed E-state index contributed by atoms with van der Waals surface area (Å²) >= 11 is 0. The van der Waals surface area contributed by atoms with Crippen LogP contribution in [0.1, 0.15) is 37.2 Å². The van der Waals surface area contributed by atoms with E-state index in [1.165, 1.54) is 0 Å². The van der Waals surface area contributed by atoms with Crippen LogP contribution in [0, 0.1) is 0 Å². The molecule has 4 heterocycles. The third-order valence-electron chi connectivity index (χ3n) is 6.19. The van der Waals surface area contributed by atoms with Crippen LogP contribution in [0.3, 0.4) is 0 Å². The number of carbonyl (C=O) groups is 1. The molecule has 0 atom stereocenters. The first-order valence-electron chi connectivity index (χ1n) is 12.3. The van der Waals surface area contributed by atoms with Gasteiger partial charge in [-0.1, -0.05) is 19.9 Å². The Morgan fingerprint density at radius 1 is 1.09 bits per heavy atom. The van der Waals surface area contributed by atoms with E-state index in [9.17, 15) is 9.90 Å². The lowest BCUT2D eigenvalue weighted by Crippen LogP contribution is -2.38. The molecule has 2 fully saturated rings. The van der Waals surface area contributed by atoms with Gasteiger partial charge in [0.1, 0.15) is 5.69 Å². The molecule has 0 radical (unpaired) electrons. The number of morpholine rings is 1. The summed E-state index contributed by atoms with van der Waals surface area (Å²) in [5, 5.41) is 19.8. The van der Waals surface area contributed by atoms with E-state index in [0.717, 1.165) is 48.8 Å². The van der Waals surface area contributed by atoms with Crippen molar-refractivity contribution in [3.8, 4) is 11.3 Å². The van der Waals surface area contributed by atoms with Crippen molar-refractivity contribution in [1.82, 2.24) is 15.2 Å². The van der Waals surface area contributed by atoms with E-state index < -0.39 is 0 Å². The van der Waals surface area contributed by atoms with Gasteiger partial charge in [0.2, 0.25) is 0 Å². The van der Waals surface area contributed by atoms with E-state index >= 15 is 0 Å². The lowest BCUT2D eigenvalue weighted by molar-refractivity contribution is 0.102.